The molecule has 1 N–H and O–H groups in total. The van der Waals surface area contributed by atoms with Gasteiger partial charge in [-0.2, -0.15) is 0 Å². The van der Waals surface area contributed by atoms with Gasteiger partial charge in [-0.1, -0.05) is 29.8 Å². The van der Waals surface area contributed by atoms with E-state index in [1.54, 1.807) is 6.07 Å². The van der Waals surface area contributed by atoms with E-state index >= 15 is 0 Å². The van der Waals surface area contributed by atoms with Crippen LogP contribution in [-0.2, 0) is 6.42 Å². The van der Waals surface area contributed by atoms with E-state index in [0.717, 1.165) is 23.0 Å². The minimum absolute atomic E-state index is 0.0227. The molecule has 0 radical (unpaired) electrons. The monoisotopic (exact) mass is 315 g/mol. The van der Waals surface area contributed by atoms with Crippen LogP contribution in [0.25, 0.3) is 0 Å². The first kappa shape index (κ1) is 15.6. The summed E-state index contributed by atoms with van der Waals surface area (Å²) in [4.78, 5) is 0. The van der Waals surface area contributed by atoms with E-state index in [1.807, 2.05) is 6.07 Å². The first-order chi connectivity index (χ1) is 8.09. The summed E-state index contributed by atoms with van der Waals surface area (Å²) in [6.45, 7) is 11.6. The third-order valence-electron chi connectivity index (χ3n) is 2.77. The first-order valence-corrected chi connectivity index (χ1v) is 7.07. The van der Waals surface area contributed by atoms with E-state index in [1.165, 1.54) is 6.07 Å². The van der Waals surface area contributed by atoms with Crippen molar-refractivity contribution in [2.45, 2.75) is 46.6 Å². The second kappa shape index (κ2) is 5.70. The van der Waals surface area contributed by atoms with Gasteiger partial charge in [-0.05, 0) is 56.4 Å². The van der Waals surface area contributed by atoms with E-state index < -0.39 is 0 Å². The highest BCUT2D eigenvalue weighted by Crippen LogP contribution is 2.25. The van der Waals surface area contributed by atoms with Crippen LogP contribution in [0.3, 0.4) is 0 Å². The number of hydrogen-bond acceptors (Lipinski definition) is 1. The third-order valence-corrected chi connectivity index (χ3v) is 3.27. The summed E-state index contributed by atoms with van der Waals surface area (Å²) in [5.74, 6) is -0.123. The fourth-order valence-corrected chi connectivity index (χ4v) is 2.17. The zero-order valence-corrected chi connectivity index (χ0v) is 13.5. The molecule has 1 aromatic rings. The molecule has 0 heterocycles. The van der Waals surface area contributed by atoms with Gasteiger partial charge < -0.3 is 5.32 Å². The maximum Gasteiger partial charge on any atom is 0.126 e. The van der Waals surface area contributed by atoms with Crippen LogP contribution in [0.2, 0.25) is 0 Å². The summed E-state index contributed by atoms with van der Waals surface area (Å²) in [5, 5.41) is 3.48. The van der Waals surface area contributed by atoms with Crippen LogP contribution in [0.5, 0.6) is 0 Å². The molecule has 0 bridgehead atoms. The van der Waals surface area contributed by atoms with E-state index in [4.69, 9.17) is 0 Å². The molecule has 0 aliphatic heterocycles. The minimum atomic E-state index is -0.123. The van der Waals surface area contributed by atoms with E-state index in [9.17, 15) is 4.39 Å². The molecule has 0 unspecified atom stereocenters. The highest BCUT2D eigenvalue weighted by Gasteiger charge is 2.22. The van der Waals surface area contributed by atoms with Crippen molar-refractivity contribution < 1.29 is 4.39 Å². The highest BCUT2D eigenvalue weighted by molar-refractivity contribution is 9.10. The summed E-state index contributed by atoms with van der Waals surface area (Å²) in [7, 11) is 0. The Morgan fingerprint density at radius 1 is 1.17 bits per heavy atom. The molecule has 0 saturated heterocycles. The lowest BCUT2D eigenvalue weighted by Gasteiger charge is -2.30. The van der Waals surface area contributed by atoms with Crippen molar-refractivity contribution in [2.75, 3.05) is 6.54 Å². The van der Waals surface area contributed by atoms with Gasteiger partial charge in [0.25, 0.3) is 0 Å². The summed E-state index contributed by atoms with van der Waals surface area (Å²) in [6.07, 6.45) is 0.724. The van der Waals surface area contributed by atoms with Crippen LogP contribution in [0.1, 0.15) is 40.2 Å². The fraction of sp³-hybridized carbons (Fsp3) is 0.600. The van der Waals surface area contributed by atoms with Crippen LogP contribution in [0.4, 0.5) is 4.39 Å². The van der Waals surface area contributed by atoms with Crippen molar-refractivity contribution in [3.63, 3.8) is 0 Å². The van der Waals surface area contributed by atoms with E-state index in [0.29, 0.717) is 0 Å². The van der Waals surface area contributed by atoms with Crippen LogP contribution < -0.4 is 5.32 Å². The molecule has 3 heteroatoms. The maximum atomic E-state index is 13.7. The molecule has 1 rings (SSSR count). The zero-order valence-electron chi connectivity index (χ0n) is 11.9. The number of benzene rings is 1. The van der Waals surface area contributed by atoms with Crippen molar-refractivity contribution in [1.82, 2.24) is 5.32 Å². The van der Waals surface area contributed by atoms with Crippen LogP contribution in [0, 0.1) is 11.2 Å². The number of rotatable bonds is 4. The molecule has 18 heavy (non-hydrogen) atoms. The Morgan fingerprint density at radius 3 is 2.33 bits per heavy atom. The predicted octanol–water partition coefficient (Wildman–Crippen LogP) is 4.55. The van der Waals surface area contributed by atoms with Gasteiger partial charge in [-0.25, -0.2) is 4.39 Å². The Hall–Kier alpha value is -0.410. The quantitative estimate of drug-likeness (QED) is 0.859. The van der Waals surface area contributed by atoms with Gasteiger partial charge in [0.05, 0.1) is 0 Å². The number of halogens is 2. The molecule has 0 atom stereocenters. The third kappa shape index (κ3) is 5.49. The van der Waals surface area contributed by atoms with Gasteiger partial charge in [-0.3, -0.25) is 0 Å². The Kier molecular flexibility index (Phi) is 4.96. The summed E-state index contributed by atoms with van der Waals surface area (Å²) in [5.41, 5.74) is 0.882. The molecule has 0 spiro atoms. The molecule has 0 aliphatic rings. The lowest BCUT2D eigenvalue weighted by molar-refractivity contribution is 0.286. The topological polar surface area (TPSA) is 12.0 Å². The highest BCUT2D eigenvalue weighted by atomic mass is 79.9. The average Bonchev–Trinajstić information content (AvgIpc) is 2.20. The Bertz CT molecular complexity index is 407. The van der Waals surface area contributed by atoms with Crippen molar-refractivity contribution in [2.24, 2.45) is 5.41 Å². The SMILES string of the molecule is CC(C)(CNC(C)(C)C)Cc1cc(Br)ccc1F. The minimum Gasteiger partial charge on any atom is -0.312 e. The van der Waals surface area contributed by atoms with E-state index in [2.05, 4.69) is 55.9 Å². The number of nitrogens with one attached hydrogen (secondary N) is 1. The van der Waals surface area contributed by atoms with E-state index in [-0.39, 0.29) is 16.8 Å². The Morgan fingerprint density at radius 2 is 1.78 bits per heavy atom. The van der Waals surface area contributed by atoms with Crippen LogP contribution in [0.15, 0.2) is 22.7 Å². The summed E-state index contributed by atoms with van der Waals surface area (Å²) < 4.78 is 14.7. The standard InChI is InChI=1S/C15H23BrFN/c1-14(2,3)18-10-15(4,5)9-11-8-12(16)6-7-13(11)17/h6-8,18H,9-10H2,1-5H3. The molecule has 0 saturated carbocycles. The van der Waals surface area contributed by atoms with Crippen molar-refractivity contribution in [3.05, 3.63) is 34.1 Å². The fourth-order valence-electron chi connectivity index (χ4n) is 1.76. The normalized spacial score (nSPS) is 12.8. The average molecular weight is 316 g/mol. The van der Waals surface area contributed by atoms with Gasteiger partial charge in [0.2, 0.25) is 0 Å². The van der Waals surface area contributed by atoms with Crippen molar-refractivity contribution in [3.8, 4) is 0 Å². The molecule has 0 fully saturated rings. The van der Waals surface area contributed by atoms with Gasteiger partial charge >= 0.3 is 0 Å². The van der Waals surface area contributed by atoms with Gasteiger partial charge in [0.1, 0.15) is 5.82 Å². The molecule has 0 aliphatic carbocycles. The lowest BCUT2D eigenvalue weighted by atomic mass is 9.85. The Balaban J connectivity index is 2.72. The largest absolute Gasteiger partial charge is 0.312 e. The smallest absolute Gasteiger partial charge is 0.126 e. The second-order valence-corrected chi connectivity index (χ2v) is 7.60. The first-order valence-electron chi connectivity index (χ1n) is 6.28. The molecule has 0 amide bonds. The van der Waals surface area contributed by atoms with Gasteiger partial charge in [0, 0.05) is 16.6 Å². The van der Waals surface area contributed by atoms with Gasteiger partial charge in [0.15, 0.2) is 0 Å². The molecule has 1 aromatic carbocycles. The molecular formula is C15H23BrFN. The molecule has 0 aromatic heterocycles. The number of hydrogen-bond donors (Lipinski definition) is 1. The second-order valence-electron chi connectivity index (χ2n) is 6.68. The molecule has 1 nitrogen and oxygen atoms in total. The van der Waals surface area contributed by atoms with Crippen molar-refractivity contribution in [1.29, 1.82) is 0 Å². The zero-order chi connectivity index (χ0) is 14.0. The summed E-state index contributed by atoms with van der Waals surface area (Å²) in [6, 6.07) is 5.13. The predicted molar refractivity (Wildman–Crippen MR) is 79.3 cm³/mol. The van der Waals surface area contributed by atoms with Crippen LogP contribution in [-0.4, -0.2) is 12.1 Å². The maximum absolute atomic E-state index is 13.7. The van der Waals surface area contributed by atoms with Crippen LogP contribution >= 0.6 is 15.9 Å². The van der Waals surface area contributed by atoms with Crippen molar-refractivity contribution >= 4 is 15.9 Å². The molecule has 102 valence electrons. The molecular weight excluding hydrogens is 293 g/mol. The Labute approximate surface area is 118 Å². The van der Waals surface area contributed by atoms with Gasteiger partial charge in [-0.15, -0.1) is 0 Å². The lowest BCUT2D eigenvalue weighted by Crippen LogP contribution is -2.42. The summed E-state index contributed by atoms with van der Waals surface area (Å²) >= 11 is 3.39.